The third kappa shape index (κ3) is 8.23. The van der Waals surface area contributed by atoms with Crippen LogP contribution < -0.4 is 0 Å². The second-order valence-corrected chi connectivity index (χ2v) is 6.82. The van der Waals surface area contributed by atoms with Crippen LogP contribution in [-0.2, 0) is 29.2 Å². The normalized spacial score (nSPS) is 14.0. The Labute approximate surface area is 166 Å². The van der Waals surface area contributed by atoms with Gasteiger partial charge in [0.25, 0.3) is 0 Å². The summed E-state index contributed by atoms with van der Waals surface area (Å²) in [5, 5.41) is 15.5. The number of likely N-dealkylation sites (N-methyl/N-ethyl adjacent to an activating group) is 1. The van der Waals surface area contributed by atoms with Gasteiger partial charge in [-0.1, -0.05) is 5.21 Å². The summed E-state index contributed by atoms with van der Waals surface area (Å²) in [7, 11) is 7.57. The Balaban J connectivity index is 0.000000516. The maximum atomic E-state index is 12.2. The van der Waals surface area contributed by atoms with E-state index in [9.17, 15) is 18.0 Å². The van der Waals surface area contributed by atoms with Crippen LogP contribution in [-0.4, -0.2) is 101 Å². The second-order valence-electron chi connectivity index (χ2n) is 6.82. The Morgan fingerprint density at radius 2 is 1.83 bits per heavy atom. The number of fused-ring (bicyclic) bond motifs is 1. The molecule has 0 unspecified atom stereocenters. The summed E-state index contributed by atoms with van der Waals surface area (Å²) in [4.78, 5) is 26.6. The number of nitrogens with zero attached hydrogens (tertiary/aromatic N) is 6. The number of hydrogen-bond acceptors (Lipinski definition) is 6. The van der Waals surface area contributed by atoms with E-state index in [4.69, 9.17) is 14.6 Å². The lowest BCUT2D eigenvalue weighted by Gasteiger charge is -2.24. The number of aliphatic carboxylic acids is 1. The summed E-state index contributed by atoms with van der Waals surface area (Å²) in [5.41, 5.74) is 1.81. The Morgan fingerprint density at radius 1 is 1.21 bits per heavy atom. The Bertz CT molecular complexity index is 678. The molecule has 166 valence electrons. The van der Waals surface area contributed by atoms with Crippen molar-refractivity contribution in [1.29, 1.82) is 0 Å². The minimum Gasteiger partial charge on any atom is -0.475 e. The minimum absolute atomic E-state index is 0.0223. The molecular weight excluding hydrogens is 397 g/mol. The topological polar surface area (TPSA) is 104 Å². The average Bonchev–Trinajstić information content (AvgIpc) is 2.85. The number of amides is 2. The Kier molecular flexibility index (Phi) is 9.30. The van der Waals surface area contributed by atoms with E-state index < -0.39 is 12.1 Å². The summed E-state index contributed by atoms with van der Waals surface area (Å²) in [6, 6.07) is 0.0223. The number of alkyl halides is 3. The summed E-state index contributed by atoms with van der Waals surface area (Å²) in [6.45, 7) is 4.02. The fraction of sp³-hybridized carbons (Fsp3) is 0.750. The van der Waals surface area contributed by atoms with Crippen molar-refractivity contribution in [3.8, 4) is 0 Å². The molecule has 0 saturated heterocycles. The van der Waals surface area contributed by atoms with Crippen molar-refractivity contribution in [3.05, 3.63) is 11.4 Å². The van der Waals surface area contributed by atoms with Crippen LogP contribution in [0.4, 0.5) is 18.0 Å². The summed E-state index contributed by atoms with van der Waals surface area (Å²) < 4.78 is 39.3. The molecule has 1 aliphatic heterocycles. The van der Waals surface area contributed by atoms with Crippen LogP contribution >= 0.6 is 0 Å². The van der Waals surface area contributed by atoms with E-state index in [1.54, 1.807) is 19.0 Å². The number of carbonyl (C=O) groups excluding carboxylic acids is 1. The molecule has 0 bridgehead atoms. The fourth-order valence-electron chi connectivity index (χ4n) is 2.37. The van der Waals surface area contributed by atoms with Gasteiger partial charge in [0.05, 0.1) is 25.5 Å². The summed E-state index contributed by atoms with van der Waals surface area (Å²) in [5.74, 6) is -2.76. The first-order valence-corrected chi connectivity index (χ1v) is 8.83. The summed E-state index contributed by atoms with van der Waals surface area (Å²) in [6.07, 6.45) is -4.20. The van der Waals surface area contributed by atoms with Crippen molar-refractivity contribution in [3.63, 3.8) is 0 Å². The molecule has 2 rings (SSSR count). The zero-order valence-corrected chi connectivity index (χ0v) is 16.9. The molecule has 0 spiro atoms. The largest absolute Gasteiger partial charge is 0.490 e. The highest BCUT2D eigenvalue weighted by atomic mass is 19.4. The van der Waals surface area contributed by atoms with Crippen molar-refractivity contribution >= 4 is 12.0 Å². The zero-order chi connectivity index (χ0) is 22.2. The van der Waals surface area contributed by atoms with Crippen molar-refractivity contribution in [2.75, 3.05) is 47.9 Å². The second kappa shape index (κ2) is 11.0. The number of rotatable bonds is 5. The molecule has 1 aromatic rings. The lowest BCUT2D eigenvalue weighted by atomic mass is 10.3. The lowest BCUT2D eigenvalue weighted by Crippen LogP contribution is -2.39. The average molecular weight is 424 g/mol. The number of carboxylic acids is 1. The molecule has 0 aromatic carbocycles. The van der Waals surface area contributed by atoms with Crippen LogP contribution in [0.2, 0.25) is 0 Å². The Morgan fingerprint density at radius 3 is 2.34 bits per heavy atom. The van der Waals surface area contributed by atoms with Gasteiger partial charge < -0.3 is 24.5 Å². The van der Waals surface area contributed by atoms with E-state index >= 15 is 0 Å². The molecule has 0 atom stereocenters. The van der Waals surface area contributed by atoms with Gasteiger partial charge in [0.1, 0.15) is 5.69 Å². The molecule has 1 N–H and O–H groups in total. The van der Waals surface area contributed by atoms with Crippen molar-refractivity contribution in [2.45, 2.75) is 32.3 Å². The molecule has 2 heterocycles. The molecule has 0 radical (unpaired) electrons. The van der Waals surface area contributed by atoms with Crippen molar-refractivity contribution in [2.24, 2.45) is 0 Å². The van der Waals surface area contributed by atoms with Crippen LogP contribution in [0.15, 0.2) is 0 Å². The summed E-state index contributed by atoms with van der Waals surface area (Å²) >= 11 is 0. The van der Waals surface area contributed by atoms with Gasteiger partial charge in [0.2, 0.25) is 0 Å². The van der Waals surface area contributed by atoms with E-state index in [-0.39, 0.29) is 6.03 Å². The number of aryl methyl sites for hydroxylation is 1. The third-order valence-electron chi connectivity index (χ3n) is 3.87. The van der Waals surface area contributed by atoms with Gasteiger partial charge >= 0.3 is 18.2 Å². The van der Waals surface area contributed by atoms with Crippen LogP contribution in [0.3, 0.4) is 0 Å². The van der Waals surface area contributed by atoms with Gasteiger partial charge in [-0.25, -0.2) is 14.3 Å². The highest BCUT2D eigenvalue weighted by Crippen LogP contribution is 2.16. The highest BCUT2D eigenvalue weighted by molar-refractivity contribution is 5.74. The molecule has 2 amide bonds. The first kappa shape index (κ1) is 24.6. The van der Waals surface area contributed by atoms with E-state index in [0.717, 1.165) is 37.4 Å². The standard InChI is InChI=1S/C14H26N6O2.C2HF3O2/c1-17(2)8-9-22-11-12-13-10-19(14(21)18(3)4)6-5-7-20(13)16-15-12;3-2(4,5)1(6)7/h5-11H2,1-4H3;(H,6,7). The number of carboxylic acid groups (broad SMARTS) is 1. The number of hydrogen-bond donors (Lipinski definition) is 1. The predicted molar refractivity (Wildman–Crippen MR) is 96.0 cm³/mol. The number of urea groups is 1. The number of carbonyl (C=O) groups is 2. The molecule has 0 aliphatic carbocycles. The molecule has 0 fully saturated rings. The Hall–Kier alpha value is -2.41. The molecule has 10 nitrogen and oxygen atoms in total. The smallest absolute Gasteiger partial charge is 0.475 e. The molecule has 29 heavy (non-hydrogen) atoms. The first-order valence-electron chi connectivity index (χ1n) is 8.83. The first-order chi connectivity index (χ1) is 13.4. The lowest BCUT2D eigenvalue weighted by molar-refractivity contribution is -0.192. The van der Waals surface area contributed by atoms with Crippen LogP contribution in [0, 0.1) is 0 Å². The van der Waals surface area contributed by atoms with Gasteiger partial charge in [0, 0.05) is 33.7 Å². The van der Waals surface area contributed by atoms with Gasteiger partial charge in [-0.05, 0) is 20.5 Å². The van der Waals surface area contributed by atoms with Crippen LogP contribution in [0.1, 0.15) is 17.8 Å². The maximum absolute atomic E-state index is 12.2. The van der Waals surface area contributed by atoms with E-state index in [1.807, 2.05) is 23.7 Å². The number of ether oxygens (including phenoxy) is 1. The van der Waals surface area contributed by atoms with Crippen LogP contribution in [0.25, 0.3) is 0 Å². The monoisotopic (exact) mass is 424 g/mol. The zero-order valence-electron chi connectivity index (χ0n) is 16.9. The van der Waals surface area contributed by atoms with E-state index in [0.29, 0.717) is 19.8 Å². The minimum atomic E-state index is -5.08. The SMILES string of the molecule is CN(C)CCOCc1nnn2c1CN(C(=O)N(C)C)CCC2.O=C(O)C(F)(F)F. The van der Waals surface area contributed by atoms with Gasteiger partial charge in [-0.2, -0.15) is 13.2 Å². The van der Waals surface area contributed by atoms with Crippen LogP contribution in [0.5, 0.6) is 0 Å². The maximum Gasteiger partial charge on any atom is 0.490 e. The van der Waals surface area contributed by atoms with E-state index in [1.165, 1.54) is 0 Å². The van der Waals surface area contributed by atoms with Gasteiger partial charge in [-0.3, -0.25) is 0 Å². The molecule has 13 heteroatoms. The van der Waals surface area contributed by atoms with Gasteiger partial charge in [0.15, 0.2) is 0 Å². The van der Waals surface area contributed by atoms with Gasteiger partial charge in [-0.15, -0.1) is 5.10 Å². The van der Waals surface area contributed by atoms with Crippen molar-refractivity contribution < 1.29 is 32.6 Å². The molecule has 1 aliphatic rings. The van der Waals surface area contributed by atoms with Crippen molar-refractivity contribution in [1.82, 2.24) is 29.7 Å². The molecule has 0 saturated carbocycles. The van der Waals surface area contributed by atoms with E-state index in [2.05, 4.69) is 15.2 Å². The highest BCUT2D eigenvalue weighted by Gasteiger charge is 2.38. The number of aromatic nitrogens is 3. The quantitative estimate of drug-likeness (QED) is 0.700. The molecule has 1 aromatic heterocycles. The number of halogens is 3. The predicted octanol–water partition coefficient (Wildman–Crippen LogP) is 0.877. The third-order valence-corrected chi connectivity index (χ3v) is 3.87. The fourth-order valence-corrected chi connectivity index (χ4v) is 2.37. The molecular formula is C16H27F3N6O4.